The predicted molar refractivity (Wildman–Crippen MR) is 61.5 cm³/mol. The van der Waals surface area contributed by atoms with Crippen LogP contribution in [0.15, 0.2) is 0 Å². The summed E-state index contributed by atoms with van der Waals surface area (Å²) in [7, 11) is 0. The highest BCUT2D eigenvalue weighted by molar-refractivity contribution is 6.10. The number of amides is 1. The van der Waals surface area contributed by atoms with Gasteiger partial charge in [-0.15, -0.1) is 0 Å². The van der Waals surface area contributed by atoms with Gasteiger partial charge in [0, 0.05) is 6.42 Å². The fourth-order valence-corrected chi connectivity index (χ4v) is 1.44. The lowest BCUT2D eigenvalue weighted by Crippen LogP contribution is -2.65. The number of aliphatic hydroxyl groups excluding tert-OH is 1. The van der Waals surface area contributed by atoms with Gasteiger partial charge in [-0.1, -0.05) is 27.7 Å². The van der Waals surface area contributed by atoms with Crippen molar-refractivity contribution < 1.29 is 14.7 Å². The molecule has 1 amide bonds. The second-order valence-corrected chi connectivity index (χ2v) is 5.32. The first-order valence-corrected chi connectivity index (χ1v) is 5.35. The van der Waals surface area contributed by atoms with Crippen molar-refractivity contribution in [2.45, 2.75) is 52.2 Å². The molecule has 2 atom stereocenters. The highest BCUT2D eigenvalue weighted by Crippen LogP contribution is 2.24. The van der Waals surface area contributed by atoms with Crippen LogP contribution in [-0.4, -0.2) is 28.4 Å². The van der Waals surface area contributed by atoms with Crippen molar-refractivity contribution in [3.05, 3.63) is 0 Å². The van der Waals surface area contributed by atoms with Crippen molar-refractivity contribution in [1.29, 1.82) is 0 Å². The molecule has 0 radical (unpaired) electrons. The number of hydrogen-bond donors (Lipinski definition) is 3. The van der Waals surface area contributed by atoms with Gasteiger partial charge >= 0.3 is 0 Å². The van der Waals surface area contributed by atoms with E-state index >= 15 is 0 Å². The molecule has 0 fully saturated rings. The van der Waals surface area contributed by atoms with E-state index in [4.69, 9.17) is 11.5 Å². The quantitative estimate of drug-likeness (QED) is 0.575. The second kappa shape index (κ2) is 4.93. The summed E-state index contributed by atoms with van der Waals surface area (Å²) in [5.74, 6) is -1.49. The van der Waals surface area contributed by atoms with Crippen LogP contribution in [0.1, 0.15) is 40.5 Å². The summed E-state index contributed by atoms with van der Waals surface area (Å²) in [5.41, 5.74) is 8.52. The summed E-state index contributed by atoms with van der Waals surface area (Å²) in [4.78, 5) is 23.2. The Hall–Kier alpha value is -0.940. The monoisotopic (exact) mass is 230 g/mol. The number of primary amides is 1. The Labute approximate surface area is 96.2 Å². The van der Waals surface area contributed by atoms with Crippen molar-refractivity contribution in [3.8, 4) is 0 Å². The fourth-order valence-electron chi connectivity index (χ4n) is 1.44. The molecular weight excluding hydrogens is 208 g/mol. The maximum absolute atomic E-state index is 11.9. The van der Waals surface area contributed by atoms with E-state index in [1.165, 1.54) is 0 Å². The number of nitrogens with two attached hydrogens (primary N) is 2. The van der Waals surface area contributed by atoms with Gasteiger partial charge in [-0.25, -0.2) is 0 Å². The molecule has 0 aromatic heterocycles. The standard InChI is InChI=1S/C11H22N2O3/c1-5-7(14)11(13,9(12)16)8(15)6-10(2,3)4/h7,14H,5-6,13H2,1-4H3,(H2,12,16). The Morgan fingerprint density at radius 3 is 2.00 bits per heavy atom. The van der Waals surface area contributed by atoms with E-state index in [-0.39, 0.29) is 18.3 Å². The molecule has 5 N–H and O–H groups in total. The smallest absolute Gasteiger partial charge is 0.247 e. The molecule has 0 spiro atoms. The van der Waals surface area contributed by atoms with Crippen molar-refractivity contribution in [1.82, 2.24) is 0 Å². The largest absolute Gasteiger partial charge is 0.390 e. The van der Waals surface area contributed by atoms with Crippen LogP contribution in [0.3, 0.4) is 0 Å². The number of ketones is 1. The van der Waals surface area contributed by atoms with Crippen molar-refractivity contribution in [2.75, 3.05) is 0 Å². The molecule has 0 aliphatic carbocycles. The van der Waals surface area contributed by atoms with Gasteiger partial charge in [0.1, 0.15) is 0 Å². The van der Waals surface area contributed by atoms with Crippen molar-refractivity contribution in [2.24, 2.45) is 16.9 Å². The third kappa shape index (κ3) is 3.28. The average molecular weight is 230 g/mol. The van der Waals surface area contributed by atoms with Gasteiger partial charge < -0.3 is 16.6 Å². The van der Waals surface area contributed by atoms with Gasteiger partial charge in [-0.05, 0) is 11.8 Å². The van der Waals surface area contributed by atoms with E-state index in [1.807, 2.05) is 20.8 Å². The van der Waals surface area contributed by atoms with Crippen LogP contribution in [0.25, 0.3) is 0 Å². The summed E-state index contributed by atoms with van der Waals surface area (Å²) in [6.45, 7) is 7.19. The molecule has 5 nitrogen and oxygen atoms in total. The third-order valence-electron chi connectivity index (χ3n) is 2.47. The van der Waals surface area contributed by atoms with Gasteiger partial charge in [0.25, 0.3) is 0 Å². The van der Waals surface area contributed by atoms with Crippen LogP contribution in [0.5, 0.6) is 0 Å². The van der Waals surface area contributed by atoms with Crippen molar-refractivity contribution >= 4 is 11.7 Å². The number of aliphatic hydroxyl groups is 1. The Morgan fingerprint density at radius 1 is 1.31 bits per heavy atom. The van der Waals surface area contributed by atoms with Crippen LogP contribution in [0.4, 0.5) is 0 Å². The van der Waals surface area contributed by atoms with Gasteiger partial charge in [-0.2, -0.15) is 0 Å². The molecule has 16 heavy (non-hydrogen) atoms. The average Bonchev–Trinajstić information content (AvgIpc) is 2.11. The zero-order chi connectivity index (χ0) is 13.1. The van der Waals surface area contributed by atoms with E-state index in [0.717, 1.165) is 0 Å². The zero-order valence-corrected chi connectivity index (χ0v) is 10.4. The second-order valence-electron chi connectivity index (χ2n) is 5.32. The Balaban J connectivity index is 5.08. The predicted octanol–water partition coefficient (Wildman–Crippen LogP) is -0.0546. The Bertz CT molecular complexity index is 283. The summed E-state index contributed by atoms with van der Waals surface area (Å²) < 4.78 is 0. The fraction of sp³-hybridized carbons (Fsp3) is 0.818. The summed E-state index contributed by atoms with van der Waals surface area (Å²) in [6.07, 6.45) is -0.932. The molecule has 0 saturated carbocycles. The summed E-state index contributed by atoms with van der Waals surface area (Å²) in [5, 5.41) is 9.67. The van der Waals surface area contributed by atoms with Gasteiger partial charge in [0.05, 0.1) is 6.10 Å². The van der Waals surface area contributed by atoms with E-state index in [0.29, 0.717) is 0 Å². The molecule has 0 aromatic rings. The van der Waals surface area contributed by atoms with Gasteiger partial charge in [0.2, 0.25) is 5.91 Å². The highest BCUT2D eigenvalue weighted by Gasteiger charge is 2.46. The third-order valence-corrected chi connectivity index (χ3v) is 2.47. The van der Waals surface area contributed by atoms with Crippen LogP contribution < -0.4 is 11.5 Å². The summed E-state index contributed by atoms with van der Waals surface area (Å²) >= 11 is 0. The first kappa shape index (κ1) is 15.1. The molecule has 0 rings (SSSR count). The molecule has 94 valence electrons. The van der Waals surface area contributed by atoms with Crippen LogP contribution in [0.2, 0.25) is 0 Å². The Kier molecular flexibility index (Phi) is 4.64. The molecule has 0 aliphatic rings. The van der Waals surface area contributed by atoms with Crippen LogP contribution in [-0.2, 0) is 9.59 Å². The topological polar surface area (TPSA) is 106 Å². The number of carbonyl (C=O) groups is 2. The van der Waals surface area contributed by atoms with Crippen molar-refractivity contribution in [3.63, 3.8) is 0 Å². The minimum Gasteiger partial charge on any atom is -0.390 e. The molecule has 0 aliphatic heterocycles. The minimum absolute atomic E-state index is 0.101. The maximum Gasteiger partial charge on any atom is 0.247 e. The van der Waals surface area contributed by atoms with Crippen LogP contribution in [0, 0.1) is 5.41 Å². The highest BCUT2D eigenvalue weighted by atomic mass is 16.3. The molecular formula is C11H22N2O3. The lowest BCUT2D eigenvalue weighted by Gasteiger charge is -2.31. The molecule has 5 heteroatoms. The van der Waals surface area contributed by atoms with Crippen LogP contribution >= 0.6 is 0 Å². The minimum atomic E-state index is -1.97. The lowest BCUT2D eigenvalue weighted by molar-refractivity contribution is -0.140. The van der Waals surface area contributed by atoms with E-state index in [1.54, 1.807) is 6.92 Å². The molecule has 0 aromatic carbocycles. The number of carbonyl (C=O) groups excluding carboxylic acids is 2. The summed E-state index contributed by atoms with van der Waals surface area (Å²) in [6, 6.07) is 0. The lowest BCUT2D eigenvalue weighted by atomic mass is 9.78. The molecule has 2 unspecified atom stereocenters. The normalized spacial score (nSPS) is 17.6. The first-order chi connectivity index (χ1) is 7.05. The number of hydrogen-bond acceptors (Lipinski definition) is 4. The van der Waals surface area contributed by atoms with Gasteiger partial charge in [-0.3, -0.25) is 9.59 Å². The first-order valence-electron chi connectivity index (χ1n) is 5.35. The van der Waals surface area contributed by atoms with E-state index in [2.05, 4.69) is 0 Å². The van der Waals surface area contributed by atoms with E-state index in [9.17, 15) is 14.7 Å². The molecule has 0 saturated heterocycles. The molecule has 0 heterocycles. The van der Waals surface area contributed by atoms with E-state index < -0.39 is 23.3 Å². The number of Topliss-reactive ketones (excluding diaryl/α,β-unsaturated/α-hetero) is 1. The Morgan fingerprint density at radius 2 is 1.75 bits per heavy atom. The maximum atomic E-state index is 11.9. The zero-order valence-electron chi connectivity index (χ0n) is 10.4. The van der Waals surface area contributed by atoms with Gasteiger partial charge in [0.15, 0.2) is 11.3 Å². The SMILES string of the molecule is CCC(O)C(N)(C(N)=O)C(=O)CC(C)(C)C. The number of rotatable bonds is 5. The molecule has 0 bridgehead atoms.